The average Bonchev–Trinajstić information content (AvgIpc) is 2.65. The molecule has 0 aromatic carbocycles. The number of halogens is 1. The molecule has 172 valence electrons. The Morgan fingerprint density at radius 2 is 1.69 bits per heavy atom. The van der Waals surface area contributed by atoms with E-state index in [1.807, 2.05) is 7.05 Å². The molecule has 1 fully saturated rings. The van der Waals surface area contributed by atoms with Crippen LogP contribution in [0, 0.1) is 0 Å². The van der Waals surface area contributed by atoms with Crippen LogP contribution < -0.4 is 10.6 Å². The van der Waals surface area contributed by atoms with Crippen molar-refractivity contribution in [2.24, 2.45) is 4.99 Å². The first-order valence-electron chi connectivity index (χ1n) is 10.6. The van der Waals surface area contributed by atoms with Crippen molar-refractivity contribution in [3.8, 4) is 0 Å². The van der Waals surface area contributed by atoms with Gasteiger partial charge >= 0.3 is 0 Å². The number of piperazine rings is 1. The normalized spacial score (nSPS) is 15.8. The van der Waals surface area contributed by atoms with Crippen molar-refractivity contribution in [3.63, 3.8) is 0 Å². The second-order valence-electron chi connectivity index (χ2n) is 7.86. The molecule has 1 heterocycles. The van der Waals surface area contributed by atoms with Gasteiger partial charge in [0, 0.05) is 72.1 Å². The summed E-state index contributed by atoms with van der Waals surface area (Å²) in [5.41, 5.74) is 0. The number of nitrogens with one attached hydrogen (secondary N) is 2. The number of guanidine groups is 1. The van der Waals surface area contributed by atoms with E-state index < -0.39 is 0 Å². The first kappa shape index (κ1) is 28.4. The van der Waals surface area contributed by atoms with Crippen molar-refractivity contribution in [2.45, 2.75) is 46.2 Å². The van der Waals surface area contributed by atoms with E-state index in [2.05, 4.69) is 58.0 Å². The van der Waals surface area contributed by atoms with Gasteiger partial charge in [-0.25, -0.2) is 0 Å². The van der Waals surface area contributed by atoms with E-state index in [0.29, 0.717) is 31.8 Å². The van der Waals surface area contributed by atoms with Gasteiger partial charge < -0.3 is 20.3 Å². The maximum absolute atomic E-state index is 11.9. The fraction of sp³-hybridized carbons (Fsp3) is 0.900. The summed E-state index contributed by atoms with van der Waals surface area (Å²) >= 11 is 0. The Hall–Kier alpha value is -0.650. The number of ether oxygens (including phenoxy) is 1. The van der Waals surface area contributed by atoms with Gasteiger partial charge in [-0.3, -0.25) is 19.6 Å². The number of aliphatic imine (C=N–C) groups is 1. The largest absolute Gasteiger partial charge is 0.383 e. The molecule has 0 spiro atoms. The SMILES string of the molecule is CN=C(NCCCN(C(C)C)C(C)C)N1CCN(CC(=O)NCCOC)CC1.I. The van der Waals surface area contributed by atoms with Crippen molar-refractivity contribution in [1.82, 2.24) is 25.3 Å². The maximum Gasteiger partial charge on any atom is 0.234 e. The van der Waals surface area contributed by atoms with Crippen molar-refractivity contribution >= 4 is 35.8 Å². The monoisotopic (exact) mass is 526 g/mol. The molecule has 0 aromatic heterocycles. The number of carbonyl (C=O) groups excluding carboxylic acids is 1. The second-order valence-corrected chi connectivity index (χ2v) is 7.86. The fourth-order valence-corrected chi connectivity index (χ4v) is 3.58. The summed E-state index contributed by atoms with van der Waals surface area (Å²) in [4.78, 5) is 23.3. The zero-order valence-electron chi connectivity index (χ0n) is 19.2. The first-order valence-corrected chi connectivity index (χ1v) is 10.6. The molecule has 0 saturated carbocycles. The van der Waals surface area contributed by atoms with Crippen molar-refractivity contribution in [1.29, 1.82) is 0 Å². The molecule has 0 bridgehead atoms. The highest BCUT2D eigenvalue weighted by molar-refractivity contribution is 14.0. The van der Waals surface area contributed by atoms with Crippen LogP contribution in [-0.2, 0) is 9.53 Å². The standard InChI is InChI=1S/C20H42N6O2.HI/c1-17(2)26(18(3)4)10-7-8-23-20(21-5)25-13-11-24(12-14-25)16-19(27)22-9-15-28-6;/h17-18H,7-16H2,1-6H3,(H,21,23)(H,22,27);1H. The lowest BCUT2D eigenvalue weighted by Crippen LogP contribution is -2.54. The van der Waals surface area contributed by atoms with Crippen molar-refractivity contribution < 1.29 is 9.53 Å². The third kappa shape index (κ3) is 11.4. The van der Waals surface area contributed by atoms with E-state index in [0.717, 1.165) is 51.6 Å². The van der Waals surface area contributed by atoms with Gasteiger partial charge in [0.1, 0.15) is 0 Å². The maximum atomic E-state index is 11.9. The fourth-order valence-electron chi connectivity index (χ4n) is 3.58. The highest BCUT2D eigenvalue weighted by Crippen LogP contribution is 2.06. The van der Waals surface area contributed by atoms with Gasteiger partial charge in [-0.2, -0.15) is 0 Å². The number of hydrogen-bond acceptors (Lipinski definition) is 5. The molecular formula is C20H43IN6O2. The molecule has 2 N–H and O–H groups in total. The molecule has 1 amide bonds. The minimum atomic E-state index is 0. The van der Waals surface area contributed by atoms with Crippen LogP contribution in [0.5, 0.6) is 0 Å². The Balaban J connectivity index is 0.00000784. The molecular weight excluding hydrogens is 483 g/mol. The topological polar surface area (TPSA) is 72.4 Å². The summed E-state index contributed by atoms with van der Waals surface area (Å²) in [5.74, 6) is 1.03. The van der Waals surface area contributed by atoms with Crippen LogP contribution in [0.2, 0.25) is 0 Å². The quantitative estimate of drug-likeness (QED) is 0.182. The zero-order valence-corrected chi connectivity index (χ0v) is 21.6. The molecule has 0 aliphatic carbocycles. The summed E-state index contributed by atoms with van der Waals surface area (Å²) in [5, 5.41) is 6.38. The number of amides is 1. The van der Waals surface area contributed by atoms with E-state index >= 15 is 0 Å². The van der Waals surface area contributed by atoms with E-state index in [9.17, 15) is 4.79 Å². The molecule has 0 radical (unpaired) electrons. The molecule has 9 heteroatoms. The van der Waals surface area contributed by atoms with Gasteiger partial charge in [-0.05, 0) is 34.1 Å². The van der Waals surface area contributed by atoms with Crippen LogP contribution >= 0.6 is 24.0 Å². The van der Waals surface area contributed by atoms with Gasteiger partial charge in [-0.1, -0.05) is 0 Å². The number of hydrogen-bond donors (Lipinski definition) is 2. The summed E-state index contributed by atoms with van der Waals surface area (Å²) in [6.45, 7) is 16.1. The molecule has 0 atom stereocenters. The lowest BCUT2D eigenvalue weighted by atomic mass is 10.2. The van der Waals surface area contributed by atoms with E-state index in [-0.39, 0.29) is 29.9 Å². The van der Waals surface area contributed by atoms with Crippen LogP contribution in [0.1, 0.15) is 34.1 Å². The van der Waals surface area contributed by atoms with Gasteiger partial charge in [0.15, 0.2) is 5.96 Å². The molecule has 1 aliphatic heterocycles. The number of methoxy groups -OCH3 is 1. The Morgan fingerprint density at radius 3 is 2.21 bits per heavy atom. The Morgan fingerprint density at radius 1 is 1.07 bits per heavy atom. The Bertz CT molecular complexity index is 460. The average molecular weight is 527 g/mol. The van der Waals surface area contributed by atoms with E-state index in [1.165, 1.54) is 0 Å². The summed E-state index contributed by atoms with van der Waals surface area (Å²) < 4.78 is 4.95. The van der Waals surface area contributed by atoms with Gasteiger partial charge in [-0.15, -0.1) is 24.0 Å². The molecule has 29 heavy (non-hydrogen) atoms. The molecule has 1 saturated heterocycles. The molecule has 0 aromatic rings. The molecule has 0 unspecified atom stereocenters. The van der Waals surface area contributed by atoms with Crippen LogP contribution in [0.25, 0.3) is 0 Å². The molecule has 8 nitrogen and oxygen atoms in total. The number of carbonyl (C=O) groups is 1. The van der Waals surface area contributed by atoms with Crippen LogP contribution in [0.15, 0.2) is 4.99 Å². The van der Waals surface area contributed by atoms with Crippen molar-refractivity contribution in [2.75, 3.05) is 73.1 Å². The summed E-state index contributed by atoms with van der Waals surface area (Å²) in [7, 11) is 3.48. The third-order valence-electron chi connectivity index (χ3n) is 5.08. The predicted molar refractivity (Wildman–Crippen MR) is 131 cm³/mol. The Kier molecular flexibility index (Phi) is 15.7. The predicted octanol–water partition coefficient (Wildman–Crippen LogP) is 1.07. The highest BCUT2D eigenvalue weighted by atomic mass is 127. The smallest absolute Gasteiger partial charge is 0.234 e. The van der Waals surface area contributed by atoms with Crippen LogP contribution in [-0.4, -0.2) is 112 Å². The third-order valence-corrected chi connectivity index (χ3v) is 5.08. The van der Waals surface area contributed by atoms with Gasteiger partial charge in [0.25, 0.3) is 0 Å². The second kappa shape index (κ2) is 16.1. The summed E-state index contributed by atoms with van der Waals surface area (Å²) in [6.07, 6.45) is 1.09. The van der Waals surface area contributed by atoms with Crippen LogP contribution in [0.4, 0.5) is 0 Å². The molecule has 1 aliphatic rings. The minimum Gasteiger partial charge on any atom is -0.383 e. The zero-order chi connectivity index (χ0) is 20.9. The van der Waals surface area contributed by atoms with Gasteiger partial charge in [0.2, 0.25) is 5.91 Å². The van der Waals surface area contributed by atoms with E-state index in [1.54, 1.807) is 7.11 Å². The highest BCUT2D eigenvalue weighted by Gasteiger charge is 2.21. The number of nitrogens with zero attached hydrogens (tertiary/aromatic N) is 4. The molecule has 1 rings (SSSR count). The van der Waals surface area contributed by atoms with Crippen molar-refractivity contribution in [3.05, 3.63) is 0 Å². The van der Waals surface area contributed by atoms with Crippen LogP contribution in [0.3, 0.4) is 0 Å². The minimum absolute atomic E-state index is 0. The lowest BCUT2D eigenvalue weighted by molar-refractivity contribution is -0.122. The van der Waals surface area contributed by atoms with Gasteiger partial charge in [0.05, 0.1) is 13.2 Å². The summed E-state index contributed by atoms with van der Waals surface area (Å²) in [6, 6.07) is 1.14. The van der Waals surface area contributed by atoms with E-state index in [4.69, 9.17) is 4.74 Å². The lowest BCUT2D eigenvalue weighted by Gasteiger charge is -2.36. The Labute approximate surface area is 194 Å². The number of rotatable bonds is 11. The first-order chi connectivity index (χ1) is 13.4.